The Bertz CT molecular complexity index is 98.5. The molecule has 0 bridgehead atoms. The summed E-state index contributed by atoms with van der Waals surface area (Å²) in [5, 5.41) is 5.82. The van der Waals surface area contributed by atoms with Crippen LogP contribution in [0.5, 0.6) is 0 Å². The van der Waals surface area contributed by atoms with Gasteiger partial charge in [-0.3, -0.25) is 5.01 Å². The zero-order chi connectivity index (χ0) is 5.98. The van der Waals surface area contributed by atoms with Crippen molar-refractivity contribution in [2.24, 2.45) is 11.0 Å². The Morgan fingerprint density at radius 3 is 2.75 bits per heavy atom. The quantitative estimate of drug-likeness (QED) is 0.455. The Kier molecular flexibility index (Phi) is 1.33. The number of hydrogen-bond acceptors (Lipinski definition) is 2. The van der Waals surface area contributed by atoms with Gasteiger partial charge in [-0.1, -0.05) is 13.0 Å². The van der Waals surface area contributed by atoms with Crippen molar-refractivity contribution in [2.75, 3.05) is 7.05 Å². The first-order chi connectivity index (χ1) is 3.79. The van der Waals surface area contributed by atoms with Gasteiger partial charge < -0.3 is 0 Å². The van der Waals surface area contributed by atoms with E-state index in [9.17, 15) is 0 Å². The van der Waals surface area contributed by atoms with Crippen molar-refractivity contribution in [3.8, 4) is 0 Å². The largest absolute Gasteiger partial charge is 0.276 e. The molecule has 0 aromatic carbocycles. The minimum absolute atomic E-state index is 0.506. The zero-order valence-electron chi connectivity index (χ0n) is 5.20. The van der Waals surface area contributed by atoms with Gasteiger partial charge in [0.2, 0.25) is 0 Å². The Hall–Kier alpha value is -0.790. The summed E-state index contributed by atoms with van der Waals surface area (Å²) in [7, 11) is 1.92. The first-order valence-corrected chi connectivity index (χ1v) is 2.74. The molecule has 2 heteroatoms. The molecule has 0 fully saturated rings. The second-order valence-corrected chi connectivity index (χ2v) is 2.04. The fourth-order valence-corrected chi connectivity index (χ4v) is 0.559. The fraction of sp³-hybridized carbons (Fsp3) is 0.500. The van der Waals surface area contributed by atoms with Crippen molar-refractivity contribution in [1.29, 1.82) is 0 Å². The summed E-state index contributed by atoms with van der Waals surface area (Å²) in [4.78, 5) is 0. The van der Waals surface area contributed by atoms with Crippen LogP contribution in [0.15, 0.2) is 17.4 Å². The maximum Gasteiger partial charge on any atom is 0.0315 e. The van der Waals surface area contributed by atoms with Gasteiger partial charge in [-0.2, -0.15) is 5.10 Å². The lowest BCUT2D eigenvalue weighted by atomic mass is 10.2. The molecule has 1 unspecified atom stereocenters. The average molecular weight is 110 g/mol. The average Bonchev–Trinajstić information content (AvgIpc) is 1.77. The summed E-state index contributed by atoms with van der Waals surface area (Å²) in [6, 6.07) is 0. The highest BCUT2D eigenvalue weighted by Gasteiger charge is 1.96. The molecule has 0 aromatic heterocycles. The van der Waals surface area contributed by atoms with E-state index >= 15 is 0 Å². The molecule has 1 rings (SSSR count). The molecule has 2 nitrogen and oxygen atoms in total. The maximum absolute atomic E-state index is 4.03. The summed E-state index contributed by atoms with van der Waals surface area (Å²) in [6.45, 7) is 2.10. The van der Waals surface area contributed by atoms with Crippen LogP contribution in [-0.4, -0.2) is 18.3 Å². The van der Waals surface area contributed by atoms with Crippen LogP contribution in [0.1, 0.15) is 6.92 Å². The first kappa shape index (κ1) is 5.35. The summed E-state index contributed by atoms with van der Waals surface area (Å²) < 4.78 is 0. The van der Waals surface area contributed by atoms with Crippen LogP contribution in [0.3, 0.4) is 0 Å². The lowest BCUT2D eigenvalue weighted by Gasteiger charge is -2.11. The molecule has 0 N–H and O–H groups in total. The van der Waals surface area contributed by atoms with Crippen LogP contribution in [-0.2, 0) is 0 Å². The third kappa shape index (κ3) is 1.09. The number of hydrogen-bond donors (Lipinski definition) is 0. The summed E-state index contributed by atoms with van der Waals surface area (Å²) in [5.74, 6) is 0.506. The molecule has 44 valence electrons. The van der Waals surface area contributed by atoms with Gasteiger partial charge in [-0.05, 0) is 0 Å². The Morgan fingerprint density at radius 2 is 2.38 bits per heavy atom. The van der Waals surface area contributed by atoms with Gasteiger partial charge in [0, 0.05) is 25.4 Å². The molecule has 1 aliphatic heterocycles. The monoisotopic (exact) mass is 110 g/mol. The van der Waals surface area contributed by atoms with Crippen molar-refractivity contribution < 1.29 is 0 Å². The Labute approximate surface area is 49.5 Å². The standard InChI is InChI=1S/C6H10N2/c1-6-3-4-8(2)7-5-6/h3-6H,1-2H3. The van der Waals surface area contributed by atoms with Crippen molar-refractivity contribution in [3.05, 3.63) is 12.3 Å². The van der Waals surface area contributed by atoms with Crippen molar-refractivity contribution in [1.82, 2.24) is 5.01 Å². The molecule has 1 heterocycles. The maximum atomic E-state index is 4.03. The van der Waals surface area contributed by atoms with Crippen LogP contribution in [0, 0.1) is 5.92 Å². The molecule has 0 aliphatic carbocycles. The lowest BCUT2D eigenvalue weighted by Crippen LogP contribution is -2.09. The van der Waals surface area contributed by atoms with E-state index in [1.807, 2.05) is 19.5 Å². The van der Waals surface area contributed by atoms with Crippen LogP contribution in [0.2, 0.25) is 0 Å². The smallest absolute Gasteiger partial charge is 0.0315 e. The van der Waals surface area contributed by atoms with Crippen LogP contribution >= 0.6 is 0 Å². The first-order valence-electron chi connectivity index (χ1n) is 2.74. The van der Waals surface area contributed by atoms with Crippen LogP contribution in [0.25, 0.3) is 0 Å². The molecule has 0 amide bonds. The topological polar surface area (TPSA) is 15.6 Å². The number of nitrogens with zero attached hydrogens (tertiary/aromatic N) is 2. The van der Waals surface area contributed by atoms with Gasteiger partial charge in [0.25, 0.3) is 0 Å². The highest BCUT2D eigenvalue weighted by atomic mass is 15.4. The van der Waals surface area contributed by atoms with E-state index in [-0.39, 0.29) is 0 Å². The van der Waals surface area contributed by atoms with E-state index in [1.54, 1.807) is 5.01 Å². The minimum Gasteiger partial charge on any atom is -0.276 e. The molecular formula is C6H10N2. The third-order valence-electron chi connectivity index (χ3n) is 1.09. The van der Waals surface area contributed by atoms with Gasteiger partial charge in [0.15, 0.2) is 0 Å². The SMILES string of the molecule is CC1C=CN(C)N=C1. The lowest BCUT2D eigenvalue weighted by molar-refractivity contribution is 0.478. The molecule has 0 saturated carbocycles. The van der Waals surface area contributed by atoms with Crippen molar-refractivity contribution in [3.63, 3.8) is 0 Å². The van der Waals surface area contributed by atoms with Crippen LogP contribution < -0.4 is 0 Å². The van der Waals surface area contributed by atoms with Gasteiger partial charge in [-0.25, -0.2) is 0 Å². The molecule has 0 spiro atoms. The second-order valence-electron chi connectivity index (χ2n) is 2.04. The summed E-state index contributed by atoms with van der Waals surface area (Å²) in [6.07, 6.45) is 5.98. The molecule has 1 atom stereocenters. The molecule has 1 aliphatic rings. The van der Waals surface area contributed by atoms with Crippen molar-refractivity contribution >= 4 is 6.21 Å². The van der Waals surface area contributed by atoms with Gasteiger partial charge in [0.1, 0.15) is 0 Å². The predicted octanol–water partition coefficient (Wildman–Crippen LogP) is 1.07. The number of hydrazone groups is 1. The summed E-state index contributed by atoms with van der Waals surface area (Å²) >= 11 is 0. The molecular weight excluding hydrogens is 100 g/mol. The third-order valence-corrected chi connectivity index (χ3v) is 1.09. The van der Waals surface area contributed by atoms with Gasteiger partial charge in [0.05, 0.1) is 0 Å². The number of rotatable bonds is 0. The van der Waals surface area contributed by atoms with E-state index in [2.05, 4.69) is 18.1 Å². The van der Waals surface area contributed by atoms with Gasteiger partial charge in [-0.15, -0.1) is 0 Å². The Balaban J connectivity index is 2.54. The van der Waals surface area contributed by atoms with E-state index in [1.165, 1.54) is 0 Å². The fourth-order valence-electron chi connectivity index (χ4n) is 0.559. The summed E-state index contributed by atoms with van der Waals surface area (Å²) in [5.41, 5.74) is 0. The highest BCUT2D eigenvalue weighted by molar-refractivity contribution is 5.63. The van der Waals surface area contributed by atoms with E-state index in [0.717, 1.165) is 0 Å². The van der Waals surface area contributed by atoms with E-state index in [4.69, 9.17) is 0 Å². The zero-order valence-corrected chi connectivity index (χ0v) is 5.20. The second kappa shape index (κ2) is 1.99. The molecule has 0 aromatic rings. The predicted molar refractivity (Wildman–Crippen MR) is 34.6 cm³/mol. The van der Waals surface area contributed by atoms with E-state index < -0.39 is 0 Å². The minimum atomic E-state index is 0.506. The van der Waals surface area contributed by atoms with Gasteiger partial charge >= 0.3 is 0 Å². The molecule has 0 saturated heterocycles. The van der Waals surface area contributed by atoms with Crippen LogP contribution in [0.4, 0.5) is 0 Å². The normalized spacial score (nSPS) is 26.8. The number of allylic oxidation sites excluding steroid dienone is 1. The highest BCUT2D eigenvalue weighted by Crippen LogP contribution is 2.00. The van der Waals surface area contributed by atoms with Crippen molar-refractivity contribution in [2.45, 2.75) is 6.92 Å². The van der Waals surface area contributed by atoms with E-state index in [0.29, 0.717) is 5.92 Å². The molecule has 8 heavy (non-hydrogen) atoms. The molecule has 0 radical (unpaired) electrons. The Morgan fingerprint density at radius 1 is 1.62 bits per heavy atom.